The SMILES string of the molecule is CNC(c1c(F)cccc1F)c1c(C)c(C)cc(C)c1C. The molecule has 0 amide bonds. The Morgan fingerprint density at radius 2 is 1.33 bits per heavy atom. The topological polar surface area (TPSA) is 12.0 Å². The van der Waals surface area contributed by atoms with Gasteiger partial charge in [-0.25, -0.2) is 8.78 Å². The Labute approximate surface area is 125 Å². The molecule has 0 aliphatic rings. The van der Waals surface area contributed by atoms with Crippen LogP contribution in [0.1, 0.15) is 39.4 Å². The molecule has 112 valence electrons. The van der Waals surface area contributed by atoms with Crippen molar-refractivity contribution in [2.75, 3.05) is 7.05 Å². The van der Waals surface area contributed by atoms with Crippen LogP contribution in [0, 0.1) is 39.3 Å². The Bertz CT molecular complexity index is 631. The van der Waals surface area contributed by atoms with Crippen LogP contribution < -0.4 is 5.32 Å². The zero-order valence-corrected chi connectivity index (χ0v) is 13.1. The van der Waals surface area contributed by atoms with E-state index in [1.54, 1.807) is 7.05 Å². The summed E-state index contributed by atoms with van der Waals surface area (Å²) in [6.07, 6.45) is 0. The van der Waals surface area contributed by atoms with Gasteiger partial charge in [0.15, 0.2) is 0 Å². The summed E-state index contributed by atoms with van der Waals surface area (Å²) in [5.41, 5.74) is 5.44. The van der Waals surface area contributed by atoms with Gasteiger partial charge >= 0.3 is 0 Å². The predicted molar refractivity (Wildman–Crippen MR) is 82.7 cm³/mol. The lowest BCUT2D eigenvalue weighted by Gasteiger charge is -2.25. The predicted octanol–water partition coefficient (Wildman–Crippen LogP) is 4.51. The average molecular weight is 289 g/mol. The molecule has 1 N–H and O–H groups in total. The van der Waals surface area contributed by atoms with Gasteiger partial charge in [0.25, 0.3) is 0 Å². The van der Waals surface area contributed by atoms with Gasteiger partial charge in [0, 0.05) is 5.56 Å². The minimum Gasteiger partial charge on any atom is -0.309 e. The molecule has 0 spiro atoms. The molecule has 2 rings (SSSR count). The Morgan fingerprint density at radius 3 is 1.76 bits per heavy atom. The molecule has 21 heavy (non-hydrogen) atoms. The third-order valence-corrected chi connectivity index (χ3v) is 4.29. The number of halogens is 2. The number of rotatable bonds is 3. The first-order chi connectivity index (χ1) is 9.88. The Morgan fingerprint density at radius 1 is 0.857 bits per heavy atom. The highest BCUT2D eigenvalue weighted by atomic mass is 19.1. The van der Waals surface area contributed by atoms with Gasteiger partial charge in [-0.15, -0.1) is 0 Å². The molecule has 2 aromatic carbocycles. The molecule has 0 fully saturated rings. The summed E-state index contributed by atoms with van der Waals surface area (Å²) < 4.78 is 28.3. The number of aryl methyl sites for hydroxylation is 2. The van der Waals surface area contributed by atoms with Gasteiger partial charge in [0.1, 0.15) is 11.6 Å². The van der Waals surface area contributed by atoms with Crippen LogP contribution in [0.5, 0.6) is 0 Å². The minimum absolute atomic E-state index is 0.0798. The monoisotopic (exact) mass is 289 g/mol. The lowest BCUT2D eigenvalue weighted by atomic mass is 9.86. The Balaban J connectivity index is 2.74. The van der Waals surface area contributed by atoms with Crippen LogP contribution in [0.4, 0.5) is 8.78 Å². The van der Waals surface area contributed by atoms with Crippen LogP contribution in [0.25, 0.3) is 0 Å². The third-order valence-electron chi connectivity index (χ3n) is 4.29. The van der Waals surface area contributed by atoms with Crippen molar-refractivity contribution in [2.45, 2.75) is 33.7 Å². The Kier molecular flexibility index (Phi) is 4.43. The van der Waals surface area contributed by atoms with Crippen molar-refractivity contribution < 1.29 is 8.78 Å². The lowest BCUT2D eigenvalue weighted by Crippen LogP contribution is -2.23. The molecule has 0 saturated carbocycles. The van der Waals surface area contributed by atoms with Crippen LogP contribution >= 0.6 is 0 Å². The van der Waals surface area contributed by atoms with Gasteiger partial charge < -0.3 is 5.32 Å². The molecule has 0 aromatic heterocycles. The first kappa shape index (κ1) is 15.6. The van der Waals surface area contributed by atoms with Gasteiger partial charge in [0.2, 0.25) is 0 Å². The van der Waals surface area contributed by atoms with Crippen LogP contribution in [0.3, 0.4) is 0 Å². The van der Waals surface area contributed by atoms with Crippen molar-refractivity contribution in [3.05, 3.63) is 69.3 Å². The smallest absolute Gasteiger partial charge is 0.131 e. The Hall–Kier alpha value is -1.74. The molecule has 1 nitrogen and oxygen atoms in total. The summed E-state index contributed by atoms with van der Waals surface area (Å²) >= 11 is 0. The molecule has 3 heteroatoms. The first-order valence-corrected chi connectivity index (χ1v) is 7.07. The maximum atomic E-state index is 14.2. The second-order valence-corrected chi connectivity index (χ2v) is 5.53. The van der Waals surface area contributed by atoms with Gasteiger partial charge in [0.05, 0.1) is 6.04 Å². The van der Waals surface area contributed by atoms with Crippen LogP contribution in [-0.4, -0.2) is 7.05 Å². The van der Waals surface area contributed by atoms with Gasteiger partial charge in [-0.1, -0.05) is 12.1 Å². The van der Waals surface area contributed by atoms with E-state index < -0.39 is 17.7 Å². The van der Waals surface area contributed by atoms with E-state index in [9.17, 15) is 8.78 Å². The maximum absolute atomic E-state index is 14.2. The molecule has 0 aliphatic heterocycles. The molecule has 2 aromatic rings. The van der Waals surface area contributed by atoms with Crippen molar-refractivity contribution in [3.63, 3.8) is 0 Å². The fourth-order valence-electron chi connectivity index (χ4n) is 2.90. The second-order valence-electron chi connectivity index (χ2n) is 5.53. The van der Waals surface area contributed by atoms with Gasteiger partial charge in [-0.2, -0.15) is 0 Å². The van der Waals surface area contributed by atoms with Crippen molar-refractivity contribution in [2.24, 2.45) is 0 Å². The molecule has 1 atom stereocenters. The lowest BCUT2D eigenvalue weighted by molar-refractivity contribution is 0.520. The summed E-state index contributed by atoms with van der Waals surface area (Å²) in [6.45, 7) is 8.05. The summed E-state index contributed by atoms with van der Waals surface area (Å²) in [5, 5.41) is 3.07. The summed E-state index contributed by atoms with van der Waals surface area (Å²) in [6, 6.07) is 5.61. The molecular formula is C18H21F2N. The van der Waals surface area contributed by atoms with Crippen molar-refractivity contribution in [1.82, 2.24) is 5.32 Å². The number of hydrogen-bond donors (Lipinski definition) is 1. The number of benzene rings is 2. The van der Waals surface area contributed by atoms with Gasteiger partial charge in [-0.05, 0) is 74.7 Å². The van der Waals surface area contributed by atoms with Crippen molar-refractivity contribution >= 4 is 0 Å². The summed E-state index contributed by atoms with van der Waals surface area (Å²) in [5.74, 6) is -1.04. The first-order valence-electron chi connectivity index (χ1n) is 7.07. The van der Waals surface area contributed by atoms with E-state index in [0.29, 0.717) is 0 Å². The van der Waals surface area contributed by atoms with Crippen LogP contribution in [-0.2, 0) is 0 Å². The molecule has 1 unspecified atom stereocenters. The summed E-state index contributed by atoms with van der Waals surface area (Å²) in [7, 11) is 1.73. The fraction of sp³-hybridized carbons (Fsp3) is 0.333. The quantitative estimate of drug-likeness (QED) is 0.876. The summed E-state index contributed by atoms with van der Waals surface area (Å²) in [4.78, 5) is 0. The van der Waals surface area contributed by atoms with E-state index in [4.69, 9.17) is 0 Å². The van der Waals surface area contributed by atoms with Crippen LogP contribution in [0.15, 0.2) is 24.3 Å². The minimum atomic E-state index is -0.521. The van der Waals surface area contributed by atoms with E-state index in [2.05, 4.69) is 11.4 Å². The highest BCUT2D eigenvalue weighted by Crippen LogP contribution is 2.33. The average Bonchev–Trinajstić information content (AvgIpc) is 2.43. The number of hydrogen-bond acceptors (Lipinski definition) is 1. The number of nitrogens with one attached hydrogen (secondary N) is 1. The molecule has 0 radical (unpaired) electrons. The maximum Gasteiger partial charge on any atom is 0.131 e. The van der Waals surface area contributed by atoms with Gasteiger partial charge in [-0.3, -0.25) is 0 Å². The zero-order valence-electron chi connectivity index (χ0n) is 13.1. The molecular weight excluding hydrogens is 268 g/mol. The van der Waals surface area contributed by atoms with Crippen LogP contribution in [0.2, 0.25) is 0 Å². The van der Waals surface area contributed by atoms with Crippen molar-refractivity contribution in [3.8, 4) is 0 Å². The van der Waals surface area contributed by atoms with E-state index in [-0.39, 0.29) is 5.56 Å². The third kappa shape index (κ3) is 2.70. The molecule has 0 saturated heterocycles. The largest absolute Gasteiger partial charge is 0.309 e. The second kappa shape index (κ2) is 5.94. The standard InChI is InChI=1S/C18H21F2N/c1-10-9-11(2)13(4)16(12(10)3)18(21-5)17-14(19)7-6-8-15(17)20/h6-9,18,21H,1-5H3. The van der Waals surface area contributed by atoms with E-state index in [0.717, 1.165) is 27.8 Å². The molecule has 0 heterocycles. The normalized spacial score (nSPS) is 12.5. The zero-order chi connectivity index (χ0) is 15.7. The van der Waals surface area contributed by atoms with E-state index >= 15 is 0 Å². The molecule has 0 bridgehead atoms. The van der Waals surface area contributed by atoms with E-state index in [1.807, 2.05) is 27.7 Å². The highest BCUT2D eigenvalue weighted by molar-refractivity contribution is 5.49. The highest BCUT2D eigenvalue weighted by Gasteiger charge is 2.24. The van der Waals surface area contributed by atoms with E-state index in [1.165, 1.54) is 18.2 Å². The fourth-order valence-corrected chi connectivity index (χ4v) is 2.90. The van der Waals surface area contributed by atoms with Crippen molar-refractivity contribution in [1.29, 1.82) is 0 Å². The molecule has 0 aliphatic carbocycles.